The number of rotatable bonds is 7. The molecular weight excluding hydrogens is 386 g/mol. The maximum atomic E-state index is 11.9. The average molecular weight is 408 g/mol. The Balaban J connectivity index is 1.48. The van der Waals surface area contributed by atoms with Crippen molar-refractivity contribution in [2.75, 3.05) is 10.6 Å². The average Bonchev–Trinajstić information content (AvgIpc) is 3.55. The van der Waals surface area contributed by atoms with Crippen molar-refractivity contribution in [3.63, 3.8) is 0 Å². The van der Waals surface area contributed by atoms with E-state index in [2.05, 4.69) is 35.6 Å². The van der Waals surface area contributed by atoms with Gasteiger partial charge < -0.3 is 5.32 Å². The zero-order valence-corrected chi connectivity index (χ0v) is 17.0. The van der Waals surface area contributed by atoms with Gasteiger partial charge in [-0.1, -0.05) is 6.92 Å². The van der Waals surface area contributed by atoms with Crippen molar-refractivity contribution in [2.24, 2.45) is 5.92 Å². The second-order valence-electron chi connectivity index (χ2n) is 6.75. The van der Waals surface area contributed by atoms with E-state index >= 15 is 0 Å². The molecule has 148 valence electrons. The first-order chi connectivity index (χ1) is 14.1. The van der Waals surface area contributed by atoms with E-state index in [-0.39, 0.29) is 11.8 Å². The molecular formula is C20H21N7OS. The maximum absolute atomic E-state index is 11.9. The first-order valence-electron chi connectivity index (χ1n) is 9.49. The number of anilines is 3. The molecule has 0 saturated heterocycles. The van der Waals surface area contributed by atoms with Gasteiger partial charge in [-0.25, -0.2) is 15.0 Å². The Kier molecular flexibility index (Phi) is 5.66. The summed E-state index contributed by atoms with van der Waals surface area (Å²) < 4.78 is 0. The molecule has 0 aliphatic heterocycles. The van der Waals surface area contributed by atoms with Crippen LogP contribution in [0.2, 0.25) is 0 Å². The number of hydrogen-bond donors (Lipinski definition) is 2. The number of benzene rings is 1. The maximum Gasteiger partial charge on any atom is 0.233 e. The number of hydrogen-bond acceptors (Lipinski definition) is 8. The standard InChI is InChI=1S/C20H21N7OS/c1-3-16-24-19(26-18-21-11-10-12(2)22-18)27-20(25-16)29-15-8-6-14(7-9-15)23-17(28)13-4-5-13/h6-11,13H,3-5H2,1-2H3,(H,23,28)(H,21,22,24,25,26,27). The summed E-state index contributed by atoms with van der Waals surface area (Å²) in [6.45, 7) is 3.89. The molecule has 2 aromatic heterocycles. The van der Waals surface area contributed by atoms with Gasteiger partial charge in [0, 0.05) is 34.8 Å². The smallest absolute Gasteiger partial charge is 0.233 e. The van der Waals surface area contributed by atoms with Crippen molar-refractivity contribution in [1.29, 1.82) is 0 Å². The Labute approximate surface area is 173 Å². The quantitative estimate of drug-likeness (QED) is 0.610. The Morgan fingerprint density at radius 2 is 1.86 bits per heavy atom. The van der Waals surface area contributed by atoms with Gasteiger partial charge in [0.15, 0.2) is 5.16 Å². The predicted octanol–water partition coefficient (Wildman–Crippen LogP) is 3.78. The number of nitrogens with zero attached hydrogens (tertiary/aromatic N) is 5. The van der Waals surface area contributed by atoms with Crippen LogP contribution in [0.15, 0.2) is 46.6 Å². The van der Waals surface area contributed by atoms with Crippen LogP contribution in [0.5, 0.6) is 0 Å². The van der Waals surface area contributed by atoms with Crippen LogP contribution < -0.4 is 10.6 Å². The van der Waals surface area contributed by atoms with Crippen molar-refractivity contribution >= 4 is 35.3 Å². The minimum atomic E-state index is 0.101. The number of aromatic nitrogens is 5. The third-order valence-electron chi connectivity index (χ3n) is 4.27. The molecule has 0 atom stereocenters. The highest BCUT2D eigenvalue weighted by Gasteiger charge is 2.29. The van der Waals surface area contributed by atoms with Gasteiger partial charge in [-0.05, 0) is 61.9 Å². The topological polar surface area (TPSA) is 106 Å². The summed E-state index contributed by atoms with van der Waals surface area (Å²) in [6.07, 6.45) is 4.35. The fraction of sp³-hybridized carbons (Fsp3) is 0.300. The van der Waals surface area contributed by atoms with E-state index in [0.29, 0.717) is 29.3 Å². The number of carbonyl (C=O) groups excluding carboxylic acids is 1. The molecule has 1 aliphatic carbocycles. The molecule has 1 aliphatic rings. The molecule has 2 N–H and O–H groups in total. The van der Waals surface area contributed by atoms with E-state index < -0.39 is 0 Å². The van der Waals surface area contributed by atoms with E-state index in [0.717, 1.165) is 29.1 Å². The normalized spacial score (nSPS) is 13.2. The van der Waals surface area contributed by atoms with Crippen LogP contribution in [0.1, 0.15) is 31.3 Å². The molecule has 4 rings (SSSR count). The van der Waals surface area contributed by atoms with Crippen LogP contribution in [0.4, 0.5) is 17.6 Å². The molecule has 3 aromatic rings. The minimum Gasteiger partial charge on any atom is -0.326 e. The fourth-order valence-corrected chi connectivity index (χ4v) is 3.33. The zero-order chi connectivity index (χ0) is 20.2. The van der Waals surface area contributed by atoms with Gasteiger partial charge in [0.2, 0.25) is 17.8 Å². The zero-order valence-electron chi connectivity index (χ0n) is 16.2. The highest BCUT2D eigenvalue weighted by Crippen LogP contribution is 2.31. The third-order valence-corrected chi connectivity index (χ3v) is 5.15. The first-order valence-corrected chi connectivity index (χ1v) is 10.3. The lowest BCUT2D eigenvalue weighted by molar-refractivity contribution is -0.117. The lowest BCUT2D eigenvalue weighted by atomic mass is 10.3. The fourth-order valence-electron chi connectivity index (χ4n) is 2.57. The van der Waals surface area contributed by atoms with E-state index in [1.165, 1.54) is 11.8 Å². The molecule has 1 fully saturated rings. The van der Waals surface area contributed by atoms with Crippen molar-refractivity contribution in [2.45, 2.75) is 43.2 Å². The molecule has 1 amide bonds. The summed E-state index contributed by atoms with van der Waals surface area (Å²) in [5.41, 5.74) is 1.66. The number of nitrogens with one attached hydrogen (secondary N) is 2. The molecule has 2 heterocycles. The summed E-state index contributed by atoms with van der Waals surface area (Å²) >= 11 is 1.44. The van der Waals surface area contributed by atoms with Gasteiger partial charge in [-0.3, -0.25) is 10.1 Å². The van der Waals surface area contributed by atoms with Crippen LogP contribution in [0.25, 0.3) is 0 Å². The summed E-state index contributed by atoms with van der Waals surface area (Å²) in [4.78, 5) is 34.8. The molecule has 0 radical (unpaired) electrons. The van der Waals surface area contributed by atoms with Crippen molar-refractivity contribution in [3.05, 3.63) is 48.0 Å². The molecule has 29 heavy (non-hydrogen) atoms. The Hall–Kier alpha value is -3.07. The van der Waals surface area contributed by atoms with Crippen molar-refractivity contribution in [1.82, 2.24) is 24.9 Å². The van der Waals surface area contributed by atoms with Gasteiger partial charge >= 0.3 is 0 Å². The van der Waals surface area contributed by atoms with Gasteiger partial charge in [-0.15, -0.1) is 0 Å². The van der Waals surface area contributed by atoms with Crippen LogP contribution in [-0.2, 0) is 11.2 Å². The largest absolute Gasteiger partial charge is 0.326 e. The molecule has 1 saturated carbocycles. The second-order valence-corrected chi connectivity index (χ2v) is 7.79. The van der Waals surface area contributed by atoms with Gasteiger partial charge in [0.25, 0.3) is 0 Å². The van der Waals surface area contributed by atoms with E-state index in [1.807, 2.05) is 44.2 Å². The summed E-state index contributed by atoms with van der Waals surface area (Å²) in [7, 11) is 0. The minimum absolute atomic E-state index is 0.101. The molecule has 8 nitrogen and oxygen atoms in total. The van der Waals surface area contributed by atoms with Crippen molar-refractivity contribution in [3.8, 4) is 0 Å². The number of carbonyl (C=O) groups is 1. The molecule has 0 bridgehead atoms. The third kappa shape index (κ3) is 5.26. The lowest BCUT2D eigenvalue weighted by Crippen LogP contribution is -2.12. The van der Waals surface area contributed by atoms with Crippen LogP contribution >= 0.6 is 11.8 Å². The summed E-state index contributed by atoms with van der Waals surface area (Å²) in [5.74, 6) is 1.84. The summed E-state index contributed by atoms with van der Waals surface area (Å²) in [6, 6.07) is 9.50. The molecule has 0 spiro atoms. The Morgan fingerprint density at radius 3 is 2.55 bits per heavy atom. The first kappa shape index (κ1) is 19.3. The van der Waals surface area contributed by atoms with Gasteiger partial charge in [0.1, 0.15) is 5.82 Å². The highest BCUT2D eigenvalue weighted by molar-refractivity contribution is 7.99. The number of aryl methyl sites for hydroxylation is 2. The predicted molar refractivity (Wildman–Crippen MR) is 111 cm³/mol. The summed E-state index contributed by atoms with van der Waals surface area (Å²) in [5, 5.41) is 6.57. The van der Waals surface area contributed by atoms with Gasteiger partial charge in [0.05, 0.1) is 0 Å². The van der Waals surface area contributed by atoms with Gasteiger partial charge in [-0.2, -0.15) is 9.97 Å². The highest BCUT2D eigenvalue weighted by atomic mass is 32.2. The van der Waals surface area contributed by atoms with Crippen LogP contribution in [0.3, 0.4) is 0 Å². The number of amides is 1. The Morgan fingerprint density at radius 1 is 1.07 bits per heavy atom. The van der Waals surface area contributed by atoms with E-state index in [9.17, 15) is 4.79 Å². The Bertz CT molecular complexity index is 1020. The SMILES string of the molecule is CCc1nc(Nc2nccc(C)n2)nc(Sc2ccc(NC(=O)C3CC3)cc2)n1. The lowest BCUT2D eigenvalue weighted by Gasteiger charge is -2.08. The van der Waals surface area contributed by atoms with E-state index in [1.54, 1.807) is 6.20 Å². The van der Waals surface area contributed by atoms with E-state index in [4.69, 9.17) is 0 Å². The monoisotopic (exact) mass is 407 g/mol. The molecule has 0 unspecified atom stereocenters. The van der Waals surface area contributed by atoms with Crippen molar-refractivity contribution < 1.29 is 4.79 Å². The van der Waals surface area contributed by atoms with Crippen LogP contribution in [-0.4, -0.2) is 30.8 Å². The molecule has 9 heteroatoms. The second kappa shape index (κ2) is 8.52. The molecule has 1 aromatic carbocycles. The van der Waals surface area contributed by atoms with Crippen LogP contribution in [0, 0.1) is 12.8 Å².